The van der Waals surface area contributed by atoms with Gasteiger partial charge in [0.15, 0.2) is 0 Å². The molecule has 0 aliphatic heterocycles. The van der Waals surface area contributed by atoms with Crippen LogP contribution in [-0.2, 0) is 16.1 Å². The van der Waals surface area contributed by atoms with E-state index < -0.39 is 5.97 Å². The molecule has 0 saturated heterocycles. The van der Waals surface area contributed by atoms with E-state index in [-0.39, 0.29) is 28.9 Å². The molecular weight excluding hydrogens is 432 g/mol. The molecule has 1 heterocycles. The van der Waals surface area contributed by atoms with E-state index in [1.165, 1.54) is 17.9 Å². The Morgan fingerprint density at radius 1 is 1.16 bits per heavy atom. The molecule has 1 saturated carbocycles. The summed E-state index contributed by atoms with van der Waals surface area (Å²) in [5.41, 5.74) is 1.04. The van der Waals surface area contributed by atoms with Gasteiger partial charge in [0.25, 0.3) is 5.56 Å². The third kappa shape index (κ3) is 4.65. The molecule has 0 bridgehead atoms. The molecule has 1 aliphatic carbocycles. The molecule has 32 heavy (non-hydrogen) atoms. The standard InChI is InChI=1S/C23H23ClN4O4/c1-32-23(31)18-11-10-16(24)12-20(18)25-21(29)15-8-6-14(7-9-15)13-28-22(30)17-4-2-3-5-19(17)26-27-28/h2-5,10-12,14-15H,6-9,13H2,1H3,(H,25,29). The molecule has 4 rings (SSSR count). The highest BCUT2D eigenvalue weighted by atomic mass is 35.5. The van der Waals surface area contributed by atoms with Crippen LogP contribution in [0.5, 0.6) is 0 Å². The van der Waals surface area contributed by atoms with Crippen LogP contribution in [0, 0.1) is 11.8 Å². The van der Waals surface area contributed by atoms with Crippen molar-refractivity contribution in [1.82, 2.24) is 15.0 Å². The molecule has 2 aromatic carbocycles. The first-order valence-corrected chi connectivity index (χ1v) is 10.9. The van der Waals surface area contributed by atoms with Gasteiger partial charge in [0.05, 0.1) is 23.7 Å². The van der Waals surface area contributed by atoms with E-state index >= 15 is 0 Å². The molecule has 0 spiro atoms. The Labute approximate surface area is 189 Å². The molecule has 166 valence electrons. The average Bonchev–Trinajstić information content (AvgIpc) is 2.81. The zero-order valence-corrected chi connectivity index (χ0v) is 18.3. The Bertz CT molecular complexity index is 1220. The molecule has 1 fully saturated rings. The number of hydrogen-bond acceptors (Lipinski definition) is 6. The van der Waals surface area contributed by atoms with E-state index in [0.717, 1.165) is 12.8 Å². The lowest BCUT2D eigenvalue weighted by Gasteiger charge is -2.28. The SMILES string of the molecule is COC(=O)c1ccc(Cl)cc1NC(=O)C1CCC(Cn2nnc3ccccc3c2=O)CC1. The summed E-state index contributed by atoms with van der Waals surface area (Å²) in [5.74, 6) is -0.639. The van der Waals surface area contributed by atoms with E-state index in [4.69, 9.17) is 16.3 Å². The Morgan fingerprint density at radius 3 is 2.66 bits per heavy atom. The van der Waals surface area contributed by atoms with Crippen molar-refractivity contribution in [2.24, 2.45) is 11.8 Å². The highest BCUT2D eigenvalue weighted by Crippen LogP contribution is 2.31. The van der Waals surface area contributed by atoms with Gasteiger partial charge >= 0.3 is 5.97 Å². The van der Waals surface area contributed by atoms with Crippen molar-refractivity contribution >= 4 is 40.1 Å². The van der Waals surface area contributed by atoms with Crippen LogP contribution in [0.1, 0.15) is 36.0 Å². The summed E-state index contributed by atoms with van der Waals surface area (Å²) < 4.78 is 6.20. The Balaban J connectivity index is 1.39. The van der Waals surface area contributed by atoms with Gasteiger partial charge in [-0.15, -0.1) is 5.10 Å². The maximum Gasteiger partial charge on any atom is 0.339 e. The molecule has 3 aromatic rings. The number of nitrogens with zero attached hydrogens (tertiary/aromatic N) is 3. The van der Waals surface area contributed by atoms with Crippen molar-refractivity contribution in [2.75, 3.05) is 12.4 Å². The van der Waals surface area contributed by atoms with Crippen LogP contribution in [-0.4, -0.2) is 34.0 Å². The topological polar surface area (TPSA) is 103 Å². The molecule has 1 N–H and O–H groups in total. The van der Waals surface area contributed by atoms with Crippen molar-refractivity contribution in [3.63, 3.8) is 0 Å². The summed E-state index contributed by atoms with van der Waals surface area (Å²) in [6.45, 7) is 0.478. The molecule has 8 nitrogen and oxygen atoms in total. The summed E-state index contributed by atoms with van der Waals surface area (Å²) in [6.07, 6.45) is 2.94. The Morgan fingerprint density at radius 2 is 1.91 bits per heavy atom. The van der Waals surface area contributed by atoms with Crippen LogP contribution in [0.25, 0.3) is 10.9 Å². The van der Waals surface area contributed by atoms with E-state index in [9.17, 15) is 14.4 Å². The minimum Gasteiger partial charge on any atom is -0.465 e. The van der Waals surface area contributed by atoms with Gasteiger partial charge in [-0.3, -0.25) is 9.59 Å². The number of carbonyl (C=O) groups excluding carboxylic acids is 2. The van der Waals surface area contributed by atoms with Crippen LogP contribution in [0.4, 0.5) is 5.69 Å². The smallest absolute Gasteiger partial charge is 0.339 e. The number of aromatic nitrogens is 3. The number of esters is 1. The van der Waals surface area contributed by atoms with Crippen LogP contribution in [0.15, 0.2) is 47.3 Å². The number of anilines is 1. The van der Waals surface area contributed by atoms with Crippen molar-refractivity contribution < 1.29 is 14.3 Å². The zero-order chi connectivity index (χ0) is 22.7. The number of amides is 1. The lowest BCUT2D eigenvalue weighted by atomic mass is 9.81. The maximum absolute atomic E-state index is 12.8. The van der Waals surface area contributed by atoms with Crippen LogP contribution >= 0.6 is 11.6 Å². The number of carbonyl (C=O) groups is 2. The average molecular weight is 455 g/mol. The van der Waals surface area contributed by atoms with E-state index in [2.05, 4.69) is 15.6 Å². The van der Waals surface area contributed by atoms with Crippen LogP contribution in [0.2, 0.25) is 5.02 Å². The quantitative estimate of drug-likeness (QED) is 0.590. The number of methoxy groups -OCH3 is 1. The zero-order valence-electron chi connectivity index (χ0n) is 17.6. The number of rotatable bonds is 5. The first-order valence-electron chi connectivity index (χ1n) is 10.5. The van der Waals surface area contributed by atoms with E-state index in [1.54, 1.807) is 24.3 Å². The molecule has 0 radical (unpaired) electrons. The number of fused-ring (bicyclic) bond motifs is 1. The van der Waals surface area contributed by atoms with Crippen molar-refractivity contribution in [1.29, 1.82) is 0 Å². The third-order valence-corrected chi connectivity index (χ3v) is 6.16. The second-order valence-electron chi connectivity index (χ2n) is 7.98. The summed E-state index contributed by atoms with van der Waals surface area (Å²) in [7, 11) is 1.29. The fourth-order valence-corrected chi connectivity index (χ4v) is 4.31. The Kier molecular flexibility index (Phi) is 6.50. The predicted molar refractivity (Wildman–Crippen MR) is 121 cm³/mol. The number of ether oxygens (including phenoxy) is 1. The molecule has 1 amide bonds. The normalized spacial score (nSPS) is 18.3. The number of halogens is 1. The van der Waals surface area contributed by atoms with Gasteiger partial charge in [-0.05, 0) is 61.9 Å². The largest absolute Gasteiger partial charge is 0.465 e. The minimum absolute atomic E-state index is 0.147. The molecule has 0 atom stereocenters. The predicted octanol–water partition coefficient (Wildman–Crippen LogP) is 3.68. The monoisotopic (exact) mass is 454 g/mol. The van der Waals surface area contributed by atoms with Crippen molar-refractivity contribution in [2.45, 2.75) is 32.2 Å². The molecule has 1 aromatic heterocycles. The number of nitrogens with one attached hydrogen (secondary N) is 1. The molecule has 1 aliphatic rings. The number of hydrogen-bond donors (Lipinski definition) is 1. The molecular formula is C23H23ClN4O4. The Hall–Kier alpha value is -3.26. The summed E-state index contributed by atoms with van der Waals surface area (Å²) in [6, 6.07) is 11.8. The van der Waals surface area contributed by atoms with Crippen LogP contribution < -0.4 is 10.9 Å². The summed E-state index contributed by atoms with van der Waals surface area (Å²) >= 11 is 6.04. The summed E-state index contributed by atoms with van der Waals surface area (Å²) in [4.78, 5) is 37.5. The maximum atomic E-state index is 12.8. The van der Waals surface area contributed by atoms with Gasteiger partial charge in [-0.1, -0.05) is 28.9 Å². The fraction of sp³-hybridized carbons (Fsp3) is 0.348. The second kappa shape index (κ2) is 9.48. The lowest BCUT2D eigenvalue weighted by Crippen LogP contribution is -2.32. The summed E-state index contributed by atoms with van der Waals surface area (Å²) in [5, 5.41) is 12.0. The molecule has 0 unspecified atom stereocenters. The van der Waals surface area contributed by atoms with Crippen molar-refractivity contribution in [3.8, 4) is 0 Å². The molecule has 9 heteroatoms. The van der Waals surface area contributed by atoms with Gasteiger partial charge in [0.2, 0.25) is 5.91 Å². The van der Waals surface area contributed by atoms with Gasteiger partial charge in [-0.25, -0.2) is 9.48 Å². The fourth-order valence-electron chi connectivity index (χ4n) is 4.14. The second-order valence-corrected chi connectivity index (χ2v) is 8.42. The van der Waals surface area contributed by atoms with E-state index in [0.29, 0.717) is 41.0 Å². The van der Waals surface area contributed by atoms with Crippen LogP contribution in [0.3, 0.4) is 0 Å². The lowest BCUT2D eigenvalue weighted by molar-refractivity contribution is -0.121. The first-order chi connectivity index (χ1) is 15.5. The van der Waals surface area contributed by atoms with Gasteiger partial charge < -0.3 is 10.1 Å². The number of benzene rings is 2. The van der Waals surface area contributed by atoms with Gasteiger partial charge in [0.1, 0.15) is 5.52 Å². The highest BCUT2D eigenvalue weighted by molar-refractivity contribution is 6.31. The van der Waals surface area contributed by atoms with Gasteiger partial charge in [0, 0.05) is 17.5 Å². The highest BCUT2D eigenvalue weighted by Gasteiger charge is 2.28. The third-order valence-electron chi connectivity index (χ3n) is 5.92. The minimum atomic E-state index is -0.539. The van der Waals surface area contributed by atoms with Gasteiger partial charge in [-0.2, -0.15) is 0 Å². The first kappa shape index (κ1) is 22.0. The van der Waals surface area contributed by atoms with Crippen molar-refractivity contribution in [3.05, 3.63) is 63.4 Å². The van der Waals surface area contributed by atoms with E-state index in [1.807, 2.05) is 12.1 Å².